The molecule has 1 saturated heterocycles. The first-order valence-corrected chi connectivity index (χ1v) is 10.4. The lowest BCUT2D eigenvalue weighted by Crippen LogP contribution is -2.40. The van der Waals surface area contributed by atoms with Gasteiger partial charge in [-0.25, -0.2) is 22.6 Å². The molecule has 1 fully saturated rings. The van der Waals surface area contributed by atoms with E-state index in [1.54, 1.807) is 24.4 Å². The van der Waals surface area contributed by atoms with Crippen molar-refractivity contribution in [3.63, 3.8) is 0 Å². The van der Waals surface area contributed by atoms with Crippen molar-refractivity contribution >= 4 is 21.6 Å². The van der Waals surface area contributed by atoms with Gasteiger partial charge in [0, 0.05) is 12.5 Å². The van der Waals surface area contributed by atoms with Crippen LogP contribution in [0.3, 0.4) is 0 Å². The van der Waals surface area contributed by atoms with Crippen LogP contribution in [0.4, 0.5) is 10.1 Å². The van der Waals surface area contributed by atoms with Crippen LogP contribution in [0.25, 0.3) is 5.69 Å². The summed E-state index contributed by atoms with van der Waals surface area (Å²) in [6, 6.07) is 6.26. The van der Waals surface area contributed by atoms with Gasteiger partial charge in [0.2, 0.25) is 15.9 Å². The number of carbonyl (C=O) groups excluding carboxylic acids is 1. The quantitative estimate of drug-likeness (QED) is 0.757. The van der Waals surface area contributed by atoms with Gasteiger partial charge in [0.25, 0.3) is 0 Å². The molecule has 10 heteroatoms. The van der Waals surface area contributed by atoms with E-state index in [-0.39, 0.29) is 17.6 Å². The van der Waals surface area contributed by atoms with E-state index in [0.717, 1.165) is 0 Å². The van der Waals surface area contributed by atoms with Gasteiger partial charge in [-0.15, -0.1) is 0 Å². The van der Waals surface area contributed by atoms with Gasteiger partial charge in [-0.2, -0.15) is 5.10 Å². The summed E-state index contributed by atoms with van der Waals surface area (Å²) in [5.41, 5.74) is 0.807. The molecular formula is C17H22FN5O3S. The number of aromatic nitrogens is 2. The fourth-order valence-corrected chi connectivity index (χ4v) is 3.59. The molecule has 0 bridgehead atoms. The van der Waals surface area contributed by atoms with E-state index in [1.165, 1.54) is 16.9 Å². The van der Waals surface area contributed by atoms with Gasteiger partial charge in [-0.3, -0.25) is 4.79 Å². The van der Waals surface area contributed by atoms with Crippen LogP contribution in [0.15, 0.2) is 36.7 Å². The van der Waals surface area contributed by atoms with E-state index in [4.69, 9.17) is 5.14 Å². The molecule has 8 nitrogen and oxygen atoms in total. The fourth-order valence-electron chi connectivity index (χ4n) is 3.08. The summed E-state index contributed by atoms with van der Waals surface area (Å²) >= 11 is 0. The number of hydrogen-bond donors (Lipinski definition) is 2. The fraction of sp³-hybridized carbons (Fsp3) is 0.412. The Kier molecular flexibility index (Phi) is 5.88. The number of anilines is 1. The molecule has 2 aromatic rings. The number of sulfonamides is 1. The summed E-state index contributed by atoms with van der Waals surface area (Å²) in [6.07, 6.45) is 4.32. The molecule has 1 aromatic heterocycles. The molecule has 1 amide bonds. The van der Waals surface area contributed by atoms with Gasteiger partial charge >= 0.3 is 0 Å². The summed E-state index contributed by atoms with van der Waals surface area (Å²) in [5.74, 6) is -0.758. The van der Waals surface area contributed by atoms with Crippen LogP contribution >= 0.6 is 0 Å². The third-order valence-corrected chi connectivity index (χ3v) is 5.35. The molecule has 1 aliphatic heterocycles. The van der Waals surface area contributed by atoms with Gasteiger partial charge in [-0.1, -0.05) is 12.1 Å². The van der Waals surface area contributed by atoms with Crippen molar-refractivity contribution in [1.29, 1.82) is 0 Å². The summed E-state index contributed by atoms with van der Waals surface area (Å²) in [7, 11) is -3.47. The smallest absolute Gasteiger partial charge is 0.227 e. The second kappa shape index (κ2) is 8.15. The largest absolute Gasteiger partial charge is 0.323 e. The summed E-state index contributed by atoms with van der Waals surface area (Å²) in [4.78, 5) is 14.4. The lowest BCUT2D eigenvalue weighted by atomic mass is 9.96. The van der Waals surface area contributed by atoms with E-state index in [0.29, 0.717) is 43.9 Å². The van der Waals surface area contributed by atoms with Gasteiger partial charge < -0.3 is 10.2 Å². The van der Waals surface area contributed by atoms with Crippen LogP contribution in [0.2, 0.25) is 0 Å². The molecule has 0 spiro atoms. The average molecular weight is 395 g/mol. The zero-order chi connectivity index (χ0) is 19.4. The number of piperidine rings is 1. The second-order valence-corrected chi connectivity index (χ2v) is 8.33. The lowest BCUT2D eigenvalue weighted by molar-refractivity contribution is -0.121. The Morgan fingerprint density at radius 2 is 2.00 bits per heavy atom. The maximum atomic E-state index is 13.8. The number of nitrogens with two attached hydrogens (primary N) is 1. The predicted octanol–water partition coefficient (Wildman–Crippen LogP) is 0.950. The molecule has 0 radical (unpaired) electrons. The molecule has 1 aliphatic rings. The van der Waals surface area contributed by atoms with Crippen LogP contribution < -0.4 is 10.5 Å². The Bertz CT molecular complexity index is 907. The van der Waals surface area contributed by atoms with Crippen molar-refractivity contribution in [3.8, 4) is 5.69 Å². The van der Waals surface area contributed by atoms with Crippen molar-refractivity contribution in [2.75, 3.05) is 30.7 Å². The number of amides is 1. The first-order valence-electron chi connectivity index (χ1n) is 8.65. The van der Waals surface area contributed by atoms with E-state index in [9.17, 15) is 17.6 Å². The first-order chi connectivity index (χ1) is 12.8. The Labute approximate surface area is 157 Å². The monoisotopic (exact) mass is 395 g/mol. The normalized spacial score (nSPS) is 16.4. The number of para-hydroxylation sites is 1. The molecule has 27 heavy (non-hydrogen) atoms. The number of halogens is 1. The maximum absolute atomic E-state index is 13.8. The van der Waals surface area contributed by atoms with E-state index in [2.05, 4.69) is 10.4 Å². The van der Waals surface area contributed by atoms with Gasteiger partial charge in [0.15, 0.2) is 0 Å². The average Bonchev–Trinajstić information content (AvgIpc) is 3.08. The number of rotatable bonds is 6. The highest BCUT2D eigenvalue weighted by atomic mass is 32.2. The van der Waals surface area contributed by atoms with Crippen LogP contribution in [-0.4, -0.2) is 54.4 Å². The van der Waals surface area contributed by atoms with Crippen LogP contribution in [0, 0.1) is 11.7 Å². The highest BCUT2D eigenvalue weighted by Crippen LogP contribution is 2.20. The van der Waals surface area contributed by atoms with Gasteiger partial charge in [-0.05, 0) is 38.1 Å². The van der Waals surface area contributed by atoms with Crippen molar-refractivity contribution in [1.82, 2.24) is 14.7 Å². The molecule has 0 aliphatic carbocycles. The molecule has 3 N–H and O–H groups in total. The molecule has 0 unspecified atom stereocenters. The second-order valence-electron chi connectivity index (χ2n) is 6.60. The number of benzene rings is 1. The standard InChI is InChI=1S/C17H22FN5O3S/c18-15-3-1-2-4-16(15)23-12-14(11-20-23)21-17(24)13-5-7-22(8-6-13)9-10-27(19,25)26/h1-4,11-13H,5-10H2,(H,21,24)(H2,19,25,26). The van der Waals surface area contributed by atoms with Crippen LogP contribution in [0.1, 0.15) is 12.8 Å². The molecule has 2 heterocycles. The van der Waals surface area contributed by atoms with Gasteiger partial charge in [0.05, 0.1) is 23.8 Å². The number of nitrogens with zero attached hydrogens (tertiary/aromatic N) is 3. The summed E-state index contributed by atoms with van der Waals surface area (Å²) in [6.45, 7) is 1.66. The maximum Gasteiger partial charge on any atom is 0.227 e. The molecule has 146 valence electrons. The van der Waals surface area contributed by atoms with Gasteiger partial charge in [0.1, 0.15) is 11.5 Å². The van der Waals surface area contributed by atoms with Crippen LogP contribution in [-0.2, 0) is 14.8 Å². The highest BCUT2D eigenvalue weighted by Gasteiger charge is 2.25. The SMILES string of the molecule is NS(=O)(=O)CCN1CCC(C(=O)Nc2cnn(-c3ccccc3F)c2)CC1. The number of primary sulfonamides is 1. The lowest BCUT2D eigenvalue weighted by Gasteiger charge is -2.30. The molecule has 0 saturated carbocycles. The molecule has 0 atom stereocenters. The minimum absolute atomic E-state index is 0.0842. The Morgan fingerprint density at radius 3 is 2.67 bits per heavy atom. The van der Waals surface area contributed by atoms with Crippen molar-refractivity contribution < 1.29 is 17.6 Å². The topological polar surface area (TPSA) is 110 Å². The minimum Gasteiger partial charge on any atom is -0.323 e. The van der Waals surface area contributed by atoms with E-state index < -0.39 is 15.8 Å². The van der Waals surface area contributed by atoms with Crippen molar-refractivity contribution in [2.45, 2.75) is 12.8 Å². The first kappa shape index (κ1) is 19.5. The Balaban J connectivity index is 1.53. The summed E-state index contributed by atoms with van der Waals surface area (Å²) in [5, 5.41) is 11.9. The third kappa shape index (κ3) is 5.34. The summed E-state index contributed by atoms with van der Waals surface area (Å²) < 4.78 is 37.3. The number of carbonyl (C=O) groups is 1. The minimum atomic E-state index is -3.47. The third-order valence-electron chi connectivity index (χ3n) is 4.60. The number of nitrogens with one attached hydrogen (secondary N) is 1. The Hall–Kier alpha value is -2.30. The van der Waals surface area contributed by atoms with Crippen molar-refractivity contribution in [3.05, 3.63) is 42.5 Å². The van der Waals surface area contributed by atoms with E-state index >= 15 is 0 Å². The Morgan fingerprint density at radius 1 is 1.30 bits per heavy atom. The predicted molar refractivity (Wildman–Crippen MR) is 99.3 cm³/mol. The van der Waals surface area contributed by atoms with E-state index in [1.807, 2.05) is 4.90 Å². The molecule has 1 aromatic carbocycles. The number of hydrogen-bond acceptors (Lipinski definition) is 5. The zero-order valence-corrected chi connectivity index (χ0v) is 15.5. The zero-order valence-electron chi connectivity index (χ0n) is 14.7. The van der Waals surface area contributed by atoms with Crippen molar-refractivity contribution in [2.24, 2.45) is 11.1 Å². The molecular weight excluding hydrogens is 373 g/mol. The molecule has 3 rings (SSSR count). The highest BCUT2D eigenvalue weighted by molar-refractivity contribution is 7.89. The van der Waals surface area contributed by atoms with Crippen LogP contribution in [0.5, 0.6) is 0 Å². The number of likely N-dealkylation sites (tertiary alicyclic amines) is 1.